The molecule has 1 N–H and O–H groups in total. The number of hydrazone groups is 1. The number of amides is 1. The lowest BCUT2D eigenvalue weighted by atomic mass is 10.0. The Labute approximate surface area is 170 Å². The predicted molar refractivity (Wildman–Crippen MR) is 114 cm³/mol. The van der Waals surface area contributed by atoms with Gasteiger partial charge in [0.15, 0.2) is 0 Å². The Hall–Kier alpha value is -2.92. The molecule has 0 bridgehead atoms. The summed E-state index contributed by atoms with van der Waals surface area (Å²) < 4.78 is 2.23. The number of aryl methyl sites for hydroxylation is 4. The van der Waals surface area contributed by atoms with Gasteiger partial charge in [-0.2, -0.15) is 5.10 Å². The highest BCUT2D eigenvalue weighted by Crippen LogP contribution is 2.26. The van der Waals surface area contributed by atoms with Crippen molar-refractivity contribution >= 4 is 23.7 Å². The molecular formula is C22H23ClN4O. The van der Waals surface area contributed by atoms with Gasteiger partial charge in [-0.05, 0) is 63.9 Å². The normalized spacial score (nSPS) is 11.2. The first kappa shape index (κ1) is 19.8. The predicted octanol–water partition coefficient (Wildman–Crippen LogP) is 4.83. The number of hydrogen-bond acceptors (Lipinski definition) is 3. The smallest absolute Gasteiger partial charge is 0.274 e. The number of nitrogens with zero attached hydrogens (tertiary/aromatic N) is 3. The van der Waals surface area contributed by atoms with Gasteiger partial charge in [-0.15, -0.1) is 0 Å². The van der Waals surface area contributed by atoms with Crippen LogP contribution in [-0.4, -0.2) is 21.7 Å². The zero-order valence-corrected chi connectivity index (χ0v) is 17.4. The van der Waals surface area contributed by atoms with Gasteiger partial charge in [-0.3, -0.25) is 4.79 Å². The molecule has 3 aromatic rings. The molecule has 28 heavy (non-hydrogen) atoms. The number of halogens is 1. The summed E-state index contributed by atoms with van der Waals surface area (Å²) >= 11 is 5.95. The van der Waals surface area contributed by atoms with Gasteiger partial charge in [-0.25, -0.2) is 10.4 Å². The Bertz CT molecular complexity index is 1060. The highest BCUT2D eigenvalue weighted by Gasteiger charge is 2.14. The second kappa shape index (κ2) is 7.98. The maximum absolute atomic E-state index is 12.2. The molecule has 144 valence electrons. The summed E-state index contributed by atoms with van der Waals surface area (Å²) in [5.41, 5.74) is 10.8. The highest BCUT2D eigenvalue weighted by molar-refractivity contribution is 6.32. The maximum atomic E-state index is 12.2. The van der Waals surface area contributed by atoms with E-state index in [1.807, 2.05) is 6.92 Å². The molecule has 0 saturated carbocycles. The van der Waals surface area contributed by atoms with E-state index < -0.39 is 5.91 Å². The van der Waals surface area contributed by atoms with Gasteiger partial charge >= 0.3 is 0 Å². The van der Waals surface area contributed by atoms with Crippen LogP contribution in [0, 0.1) is 34.6 Å². The fourth-order valence-electron chi connectivity index (χ4n) is 3.56. The van der Waals surface area contributed by atoms with Crippen molar-refractivity contribution in [2.24, 2.45) is 5.10 Å². The molecule has 0 aliphatic carbocycles. The van der Waals surface area contributed by atoms with Crippen LogP contribution in [0.25, 0.3) is 5.69 Å². The standard InChI is InChI=1S/C22H23ClN4O/c1-13-9-14(2)20(15(3)10-13)27-16(4)11-18(17(27)5)12-25-26-22(28)19-7-6-8-24-21(19)23/h6-12H,1-5H3,(H,26,28). The van der Waals surface area contributed by atoms with E-state index in [0.29, 0.717) is 0 Å². The zero-order chi connectivity index (χ0) is 20.4. The van der Waals surface area contributed by atoms with Crippen LogP contribution in [-0.2, 0) is 0 Å². The molecule has 2 heterocycles. The summed E-state index contributed by atoms with van der Waals surface area (Å²) in [7, 11) is 0. The second-order valence-electron chi connectivity index (χ2n) is 6.95. The van der Waals surface area contributed by atoms with E-state index >= 15 is 0 Å². The van der Waals surface area contributed by atoms with E-state index in [1.165, 1.54) is 28.6 Å². The third kappa shape index (κ3) is 3.85. The number of carbonyl (C=O) groups excluding carboxylic acids is 1. The zero-order valence-electron chi connectivity index (χ0n) is 16.7. The number of aromatic nitrogens is 2. The lowest BCUT2D eigenvalue weighted by molar-refractivity contribution is 0.0955. The lowest BCUT2D eigenvalue weighted by Crippen LogP contribution is -2.18. The number of rotatable bonds is 4. The first-order chi connectivity index (χ1) is 13.3. The van der Waals surface area contributed by atoms with Crippen LogP contribution in [0.15, 0.2) is 41.6 Å². The average Bonchev–Trinajstić information content (AvgIpc) is 2.89. The van der Waals surface area contributed by atoms with Crippen LogP contribution >= 0.6 is 11.6 Å². The van der Waals surface area contributed by atoms with Crippen LogP contribution in [0.3, 0.4) is 0 Å². The summed E-state index contributed by atoms with van der Waals surface area (Å²) in [6.07, 6.45) is 3.19. The molecule has 2 aromatic heterocycles. The molecule has 0 unspecified atom stereocenters. The molecule has 0 atom stereocenters. The van der Waals surface area contributed by atoms with E-state index in [0.717, 1.165) is 17.0 Å². The molecule has 0 saturated heterocycles. The Kier molecular flexibility index (Phi) is 5.66. The van der Waals surface area contributed by atoms with Crippen LogP contribution in [0.1, 0.15) is 44.0 Å². The van der Waals surface area contributed by atoms with Crippen molar-refractivity contribution in [3.63, 3.8) is 0 Å². The quantitative estimate of drug-likeness (QED) is 0.391. The fraction of sp³-hybridized carbons (Fsp3) is 0.227. The summed E-state index contributed by atoms with van der Waals surface area (Å²) in [5.74, 6) is -0.395. The minimum Gasteiger partial charge on any atom is -0.317 e. The third-order valence-corrected chi connectivity index (χ3v) is 5.00. The molecular weight excluding hydrogens is 372 g/mol. The molecule has 1 aromatic carbocycles. The van der Waals surface area contributed by atoms with Crippen molar-refractivity contribution in [1.82, 2.24) is 15.0 Å². The molecule has 0 fully saturated rings. The number of pyridine rings is 1. The van der Waals surface area contributed by atoms with E-state index in [9.17, 15) is 4.79 Å². The Morgan fingerprint density at radius 1 is 1.14 bits per heavy atom. The number of hydrogen-bond donors (Lipinski definition) is 1. The van der Waals surface area contributed by atoms with E-state index in [2.05, 4.69) is 66.0 Å². The second-order valence-corrected chi connectivity index (χ2v) is 7.31. The molecule has 6 heteroatoms. The lowest BCUT2D eigenvalue weighted by Gasteiger charge is -2.16. The topological polar surface area (TPSA) is 59.3 Å². The molecule has 5 nitrogen and oxygen atoms in total. The molecule has 0 radical (unpaired) electrons. The SMILES string of the molecule is Cc1cc(C)c(-n2c(C)cc(C=NNC(=O)c3cccnc3Cl)c2C)c(C)c1. The molecule has 0 spiro atoms. The Morgan fingerprint density at radius 3 is 2.46 bits per heavy atom. The minimum absolute atomic E-state index is 0.152. The third-order valence-electron chi connectivity index (χ3n) is 4.70. The number of carbonyl (C=O) groups is 1. The van der Waals surface area contributed by atoms with Gasteiger partial charge in [0.25, 0.3) is 5.91 Å². The number of benzene rings is 1. The van der Waals surface area contributed by atoms with Gasteiger partial charge in [-0.1, -0.05) is 29.3 Å². The van der Waals surface area contributed by atoms with Gasteiger partial charge < -0.3 is 4.57 Å². The van der Waals surface area contributed by atoms with Gasteiger partial charge in [0, 0.05) is 23.1 Å². The van der Waals surface area contributed by atoms with Gasteiger partial charge in [0.05, 0.1) is 17.5 Å². The number of nitrogens with one attached hydrogen (secondary N) is 1. The van der Waals surface area contributed by atoms with Crippen LogP contribution < -0.4 is 5.43 Å². The van der Waals surface area contributed by atoms with Gasteiger partial charge in [0.1, 0.15) is 5.15 Å². The fourth-order valence-corrected chi connectivity index (χ4v) is 3.77. The van der Waals surface area contributed by atoms with Crippen LogP contribution in [0.2, 0.25) is 5.15 Å². The van der Waals surface area contributed by atoms with Crippen molar-refractivity contribution < 1.29 is 4.79 Å². The first-order valence-electron chi connectivity index (χ1n) is 9.00. The molecule has 1 amide bonds. The van der Waals surface area contributed by atoms with Crippen molar-refractivity contribution in [3.05, 3.63) is 80.9 Å². The van der Waals surface area contributed by atoms with E-state index in [1.54, 1.807) is 18.3 Å². The van der Waals surface area contributed by atoms with Crippen molar-refractivity contribution in [2.75, 3.05) is 0 Å². The van der Waals surface area contributed by atoms with Crippen LogP contribution in [0.5, 0.6) is 0 Å². The monoisotopic (exact) mass is 394 g/mol. The minimum atomic E-state index is -0.395. The van der Waals surface area contributed by atoms with Crippen molar-refractivity contribution in [3.8, 4) is 5.69 Å². The maximum Gasteiger partial charge on any atom is 0.274 e. The summed E-state index contributed by atoms with van der Waals surface area (Å²) in [4.78, 5) is 16.1. The average molecular weight is 395 g/mol. The molecule has 0 aliphatic heterocycles. The van der Waals surface area contributed by atoms with E-state index in [-0.39, 0.29) is 10.7 Å². The Balaban J connectivity index is 1.88. The first-order valence-corrected chi connectivity index (χ1v) is 9.38. The van der Waals surface area contributed by atoms with E-state index in [4.69, 9.17) is 11.6 Å². The van der Waals surface area contributed by atoms with Crippen LogP contribution in [0.4, 0.5) is 0 Å². The van der Waals surface area contributed by atoms with Crippen molar-refractivity contribution in [1.29, 1.82) is 0 Å². The largest absolute Gasteiger partial charge is 0.317 e. The van der Waals surface area contributed by atoms with Gasteiger partial charge in [0.2, 0.25) is 0 Å². The summed E-state index contributed by atoms with van der Waals surface area (Å²) in [6.45, 7) is 10.5. The summed E-state index contributed by atoms with van der Waals surface area (Å²) in [5, 5.41) is 4.25. The molecule has 0 aliphatic rings. The Morgan fingerprint density at radius 2 is 1.82 bits per heavy atom. The van der Waals surface area contributed by atoms with Crippen molar-refractivity contribution in [2.45, 2.75) is 34.6 Å². The highest BCUT2D eigenvalue weighted by atomic mass is 35.5. The molecule has 3 rings (SSSR count). The summed E-state index contributed by atoms with van der Waals surface area (Å²) in [6, 6.07) is 9.69.